The van der Waals surface area contributed by atoms with E-state index >= 15 is 0 Å². The molecule has 1 aromatic heterocycles. The zero-order valence-corrected chi connectivity index (χ0v) is 21.9. The molecule has 0 atom stereocenters. The number of amides is 3. The van der Waals surface area contributed by atoms with Gasteiger partial charge in [0.1, 0.15) is 5.82 Å². The lowest BCUT2D eigenvalue weighted by Gasteiger charge is -2.17. The van der Waals surface area contributed by atoms with Crippen LogP contribution in [-0.2, 0) is 10.2 Å². The predicted octanol–water partition coefficient (Wildman–Crippen LogP) is 5.68. The average molecular weight is 498 g/mol. The highest BCUT2D eigenvalue weighted by Crippen LogP contribution is 2.24. The molecule has 3 amide bonds. The van der Waals surface area contributed by atoms with Crippen LogP contribution < -0.4 is 16.0 Å². The van der Waals surface area contributed by atoms with Gasteiger partial charge in [0.2, 0.25) is 5.91 Å². The number of rotatable bonds is 6. The minimum absolute atomic E-state index is 0.160. The fourth-order valence-corrected chi connectivity index (χ4v) is 3.31. The van der Waals surface area contributed by atoms with Crippen molar-refractivity contribution in [2.45, 2.75) is 47.0 Å². The van der Waals surface area contributed by atoms with E-state index in [1.54, 1.807) is 69.3 Å². The Morgan fingerprint density at radius 1 is 0.838 bits per heavy atom. The van der Waals surface area contributed by atoms with Crippen molar-refractivity contribution in [3.63, 3.8) is 0 Å². The third-order valence-electron chi connectivity index (χ3n) is 5.81. The Balaban J connectivity index is 1.72. The summed E-state index contributed by atoms with van der Waals surface area (Å²) in [6, 6.07) is 17.5. The van der Waals surface area contributed by atoms with E-state index in [4.69, 9.17) is 0 Å². The van der Waals surface area contributed by atoms with Crippen LogP contribution in [-0.4, -0.2) is 22.7 Å². The number of hydrogen-bond donors (Lipinski definition) is 3. The van der Waals surface area contributed by atoms with Crippen molar-refractivity contribution in [1.82, 2.24) is 4.98 Å². The summed E-state index contributed by atoms with van der Waals surface area (Å²) < 4.78 is 0. The Hall–Kier alpha value is -4.51. The van der Waals surface area contributed by atoms with E-state index in [0.29, 0.717) is 28.3 Å². The first kappa shape index (κ1) is 27.1. The van der Waals surface area contributed by atoms with Gasteiger partial charge in [0.15, 0.2) is 0 Å². The van der Waals surface area contributed by atoms with E-state index in [1.807, 2.05) is 26.8 Å². The SMILES string of the molecule is Cc1ccc(NC(=O)c2cccc(C(C)(C)C#N)c2)cc1C(=O)Nc1ccc(NC(=O)C(C)(C)C)nc1. The summed E-state index contributed by atoms with van der Waals surface area (Å²) in [5.41, 5.74) is 1.92. The number of carbonyl (C=O) groups is 3. The molecule has 190 valence electrons. The summed E-state index contributed by atoms with van der Waals surface area (Å²) in [6.45, 7) is 10.8. The number of hydrogen-bond acceptors (Lipinski definition) is 5. The van der Waals surface area contributed by atoms with Gasteiger partial charge in [-0.3, -0.25) is 14.4 Å². The van der Waals surface area contributed by atoms with E-state index in [-0.39, 0.29) is 17.7 Å². The molecule has 0 aliphatic heterocycles. The summed E-state index contributed by atoms with van der Waals surface area (Å²) in [5.74, 6) is -0.477. The van der Waals surface area contributed by atoms with E-state index in [9.17, 15) is 19.6 Å². The highest BCUT2D eigenvalue weighted by molar-refractivity contribution is 6.08. The number of pyridine rings is 1. The van der Waals surface area contributed by atoms with Crippen LogP contribution in [0, 0.1) is 23.7 Å². The molecule has 3 aromatic rings. The first-order valence-corrected chi connectivity index (χ1v) is 11.8. The Kier molecular flexibility index (Phi) is 7.78. The molecule has 3 rings (SSSR count). The van der Waals surface area contributed by atoms with Gasteiger partial charge in [0, 0.05) is 22.2 Å². The lowest BCUT2D eigenvalue weighted by Crippen LogP contribution is -2.28. The summed E-state index contributed by atoms with van der Waals surface area (Å²) in [4.78, 5) is 42.2. The molecule has 0 aliphatic rings. The Bertz CT molecular complexity index is 1380. The van der Waals surface area contributed by atoms with Gasteiger partial charge in [-0.1, -0.05) is 39.0 Å². The van der Waals surface area contributed by atoms with E-state index in [0.717, 1.165) is 11.1 Å². The molecule has 0 radical (unpaired) electrons. The van der Waals surface area contributed by atoms with E-state index < -0.39 is 10.8 Å². The van der Waals surface area contributed by atoms with Crippen LogP contribution in [0.25, 0.3) is 0 Å². The van der Waals surface area contributed by atoms with Crippen LogP contribution in [0.5, 0.6) is 0 Å². The van der Waals surface area contributed by atoms with E-state index in [2.05, 4.69) is 27.0 Å². The predicted molar refractivity (Wildman–Crippen MR) is 144 cm³/mol. The van der Waals surface area contributed by atoms with Crippen molar-refractivity contribution in [2.75, 3.05) is 16.0 Å². The van der Waals surface area contributed by atoms with Crippen molar-refractivity contribution in [3.05, 3.63) is 83.0 Å². The molecule has 37 heavy (non-hydrogen) atoms. The molecule has 0 saturated carbocycles. The van der Waals surface area contributed by atoms with Crippen LogP contribution in [0.2, 0.25) is 0 Å². The van der Waals surface area contributed by atoms with Crippen molar-refractivity contribution in [3.8, 4) is 6.07 Å². The van der Waals surface area contributed by atoms with Gasteiger partial charge >= 0.3 is 0 Å². The summed E-state index contributed by atoms with van der Waals surface area (Å²) >= 11 is 0. The zero-order chi connectivity index (χ0) is 27.4. The molecule has 1 heterocycles. The second-order valence-corrected chi connectivity index (χ2v) is 10.4. The highest BCUT2D eigenvalue weighted by atomic mass is 16.2. The number of aryl methyl sites for hydroxylation is 1. The second kappa shape index (κ2) is 10.6. The molecule has 0 aliphatic carbocycles. The molecule has 2 aromatic carbocycles. The van der Waals surface area contributed by atoms with Crippen LogP contribution in [0.4, 0.5) is 17.2 Å². The van der Waals surface area contributed by atoms with Crippen molar-refractivity contribution in [1.29, 1.82) is 5.26 Å². The standard InChI is InChI=1S/C29H31N5O3/c1-18-10-11-21(32-25(35)19-8-7-9-20(14-19)29(5,6)17-30)15-23(18)26(36)33-22-12-13-24(31-16-22)34-27(37)28(2,3)4/h7-16H,1-6H3,(H,32,35)(H,33,36)(H,31,34,37). The van der Waals surface area contributed by atoms with Crippen LogP contribution >= 0.6 is 0 Å². The van der Waals surface area contributed by atoms with Gasteiger partial charge in [-0.25, -0.2) is 4.98 Å². The lowest BCUT2D eigenvalue weighted by atomic mass is 9.85. The van der Waals surface area contributed by atoms with Gasteiger partial charge in [-0.05, 0) is 68.3 Å². The third-order valence-corrected chi connectivity index (χ3v) is 5.81. The van der Waals surface area contributed by atoms with E-state index in [1.165, 1.54) is 6.20 Å². The number of aromatic nitrogens is 1. The molecule has 8 heteroatoms. The monoisotopic (exact) mass is 497 g/mol. The van der Waals surface area contributed by atoms with Crippen molar-refractivity contribution < 1.29 is 14.4 Å². The molecule has 0 bridgehead atoms. The highest BCUT2D eigenvalue weighted by Gasteiger charge is 2.22. The number of nitriles is 1. The Labute approximate surface area is 217 Å². The summed E-state index contributed by atoms with van der Waals surface area (Å²) in [5, 5.41) is 17.8. The normalized spacial score (nSPS) is 11.3. The number of anilines is 3. The maximum atomic E-state index is 13.0. The molecule has 0 fully saturated rings. The van der Waals surface area contributed by atoms with Crippen molar-refractivity contribution in [2.24, 2.45) is 5.41 Å². The molecule has 0 unspecified atom stereocenters. The smallest absolute Gasteiger partial charge is 0.256 e. The van der Waals surface area contributed by atoms with Crippen LogP contribution in [0.1, 0.15) is 66.5 Å². The minimum Gasteiger partial charge on any atom is -0.322 e. The maximum Gasteiger partial charge on any atom is 0.256 e. The molecule has 0 spiro atoms. The largest absolute Gasteiger partial charge is 0.322 e. The minimum atomic E-state index is -0.726. The van der Waals surface area contributed by atoms with Gasteiger partial charge in [0.05, 0.1) is 23.4 Å². The van der Waals surface area contributed by atoms with Crippen molar-refractivity contribution >= 4 is 34.9 Å². The summed E-state index contributed by atoms with van der Waals surface area (Å²) in [6.07, 6.45) is 1.47. The Morgan fingerprint density at radius 2 is 1.51 bits per heavy atom. The number of nitrogens with zero attached hydrogens (tertiary/aromatic N) is 2. The molecule has 0 saturated heterocycles. The first-order chi connectivity index (χ1) is 17.3. The first-order valence-electron chi connectivity index (χ1n) is 11.8. The zero-order valence-electron chi connectivity index (χ0n) is 21.9. The fourth-order valence-electron chi connectivity index (χ4n) is 3.31. The van der Waals surface area contributed by atoms with Crippen LogP contribution in [0.15, 0.2) is 60.8 Å². The van der Waals surface area contributed by atoms with Gasteiger partial charge in [0.25, 0.3) is 11.8 Å². The lowest BCUT2D eigenvalue weighted by molar-refractivity contribution is -0.123. The van der Waals surface area contributed by atoms with Crippen LogP contribution in [0.3, 0.4) is 0 Å². The number of nitrogens with one attached hydrogen (secondary N) is 3. The average Bonchev–Trinajstić information content (AvgIpc) is 2.85. The number of carbonyl (C=O) groups excluding carboxylic acids is 3. The number of benzene rings is 2. The third kappa shape index (κ3) is 6.79. The molecular weight excluding hydrogens is 466 g/mol. The second-order valence-electron chi connectivity index (χ2n) is 10.4. The quantitative estimate of drug-likeness (QED) is 0.404. The van der Waals surface area contributed by atoms with Gasteiger partial charge in [-0.2, -0.15) is 5.26 Å². The Morgan fingerprint density at radius 3 is 2.14 bits per heavy atom. The fraction of sp³-hybridized carbons (Fsp3) is 0.276. The summed E-state index contributed by atoms with van der Waals surface area (Å²) in [7, 11) is 0. The molecule has 8 nitrogen and oxygen atoms in total. The van der Waals surface area contributed by atoms with Gasteiger partial charge < -0.3 is 16.0 Å². The van der Waals surface area contributed by atoms with Gasteiger partial charge in [-0.15, -0.1) is 0 Å². The molecular formula is C29H31N5O3. The molecule has 3 N–H and O–H groups in total. The maximum absolute atomic E-state index is 13.0. The topological polar surface area (TPSA) is 124 Å².